The highest BCUT2D eigenvalue weighted by molar-refractivity contribution is 6.35. The second-order valence-electron chi connectivity index (χ2n) is 7.99. The van der Waals surface area contributed by atoms with E-state index in [9.17, 15) is 9.59 Å². The van der Waals surface area contributed by atoms with Crippen LogP contribution < -0.4 is 20.2 Å². The van der Waals surface area contributed by atoms with Gasteiger partial charge in [-0.05, 0) is 61.6 Å². The average molecular weight is 494 g/mol. The molecule has 33 heavy (non-hydrogen) atoms. The standard InChI is InChI=1S/C24H29Cl2N3O4/c1-14(2)10-20(24(31)29-27-13-17-7-6-15(3)22(11-17)32-5)28-23(30)16(4)33-21-9-8-18(25)12-19(21)26/h6-9,11-14,16,20H,10H2,1-5H3,(H,28,30)(H,29,31)/b27-13-/t16-,20-/m0/s1. The van der Waals surface area contributed by atoms with Crippen molar-refractivity contribution in [2.45, 2.75) is 46.3 Å². The molecule has 0 spiro atoms. The molecule has 0 heterocycles. The van der Waals surface area contributed by atoms with Crippen LogP contribution in [0.4, 0.5) is 0 Å². The van der Waals surface area contributed by atoms with Crippen LogP contribution in [0, 0.1) is 12.8 Å². The van der Waals surface area contributed by atoms with E-state index in [-0.39, 0.29) is 5.92 Å². The van der Waals surface area contributed by atoms with Gasteiger partial charge in [-0.1, -0.05) is 49.2 Å². The fourth-order valence-electron chi connectivity index (χ4n) is 2.97. The predicted octanol–water partition coefficient (Wildman–Crippen LogP) is 4.76. The Morgan fingerprint density at radius 3 is 2.42 bits per heavy atom. The third-order valence-corrected chi connectivity index (χ3v) is 5.26. The second kappa shape index (κ2) is 12.5. The van der Waals surface area contributed by atoms with E-state index in [4.69, 9.17) is 32.7 Å². The lowest BCUT2D eigenvalue weighted by Crippen LogP contribution is -2.49. The number of benzene rings is 2. The van der Waals surface area contributed by atoms with Gasteiger partial charge >= 0.3 is 0 Å². The highest BCUT2D eigenvalue weighted by Crippen LogP contribution is 2.28. The number of methoxy groups -OCH3 is 1. The van der Waals surface area contributed by atoms with Gasteiger partial charge in [0, 0.05) is 5.02 Å². The minimum atomic E-state index is -0.880. The molecule has 178 valence electrons. The van der Waals surface area contributed by atoms with E-state index >= 15 is 0 Å². The summed E-state index contributed by atoms with van der Waals surface area (Å²) in [5.74, 6) is 0.336. The third-order valence-electron chi connectivity index (χ3n) is 4.73. The second-order valence-corrected chi connectivity index (χ2v) is 8.83. The molecule has 2 N–H and O–H groups in total. The van der Waals surface area contributed by atoms with E-state index in [1.54, 1.807) is 26.2 Å². The molecule has 0 aliphatic carbocycles. The summed E-state index contributed by atoms with van der Waals surface area (Å²) in [6, 6.07) is 9.53. The molecule has 2 atom stereocenters. The third kappa shape index (κ3) is 8.26. The van der Waals surface area contributed by atoms with Gasteiger partial charge in [0.25, 0.3) is 11.8 Å². The maximum Gasteiger partial charge on any atom is 0.262 e. The minimum Gasteiger partial charge on any atom is -0.496 e. The van der Waals surface area contributed by atoms with Crippen molar-refractivity contribution in [1.82, 2.24) is 10.7 Å². The van der Waals surface area contributed by atoms with E-state index in [1.807, 2.05) is 39.0 Å². The highest BCUT2D eigenvalue weighted by Gasteiger charge is 2.25. The van der Waals surface area contributed by atoms with Crippen LogP contribution in [-0.2, 0) is 9.59 Å². The Labute approximate surface area is 204 Å². The number of rotatable bonds is 10. The van der Waals surface area contributed by atoms with Gasteiger partial charge < -0.3 is 14.8 Å². The molecule has 0 radical (unpaired) electrons. The number of halogens is 2. The lowest BCUT2D eigenvalue weighted by molar-refractivity contribution is -0.132. The van der Waals surface area contributed by atoms with Crippen LogP contribution >= 0.6 is 23.2 Å². The molecule has 2 aromatic carbocycles. The molecule has 0 fully saturated rings. The average Bonchev–Trinajstić information content (AvgIpc) is 2.75. The van der Waals surface area contributed by atoms with Gasteiger partial charge in [0.2, 0.25) is 0 Å². The van der Waals surface area contributed by atoms with Crippen LogP contribution in [0.1, 0.15) is 38.3 Å². The Hall–Kier alpha value is -2.77. The van der Waals surface area contributed by atoms with E-state index in [0.717, 1.165) is 16.9 Å². The molecule has 0 aliphatic rings. The molecule has 0 bridgehead atoms. The van der Waals surface area contributed by atoms with Crippen molar-refractivity contribution in [1.29, 1.82) is 0 Å². The Balaban J connectivity index is 2.02. The molecule has 9 heteroatoms. The van der Waals surface area contributed by atoms with Crippen LogP contribution in [0.2, 0.25) is 10.0 Å². The van der Waals surface area contributed by atoms with Crippen LogP contribution in [0.5, 0.6) is 11.5 Å². The van der Waals surface area contributed by atoms with Crippen molar-refractivity contribution in [2.24, 2.45) is 11.0 Å². The number of aryl methyl sites for hydroxylation is 1. The first-order valence-electron chi connectivity index (χ1n) is 10.5. The summed E-state index contributed by atoms with van der Waals surface area (Å²) in [7, 11) is 1.59. The number of hydrogen-bond acceptors (Lipinski definition) is 5. The molecule has 0 saturated carbocycles. The van der Waals surface area contributed by atoms with Crippen LogP contribution in [0.15, 0.2) is 41.5 Å². The largest absolute Gasteiger partial charge is 0.496 e. The summed E-state index contributed by atoms with van der Waals surface area (Å²) in [6.45, 7) is 7.43. The van der Waals surface area contributed by atoms with Crippen LogP contribution in [0.25, 0.3) is 0 Å². The first-order chi connectivity index (χ1) is 15.6. The number of nitrogens with zero attached hydrogens (tertiary/aromatic N) is 1. The van der Waals surface area contributed by atoms with Crippen LogP contribution in [-0.4, -0.2) is 37.3 Å². The molecule has 0 unspecified atom stereocenters. The van der Waals surface area contributed by atoms with Gasteiger partial charge in [-0.2, -0.15) is 5.10 Å². The number of hydrogen-bond donors (Lipinski definition) is 2. The molecular formula is C24H29Cl2N3O4. The number of hydrazone groups is 1. The zero-order valence-corrected chi connectivity index (χ0v) is 20.8. The van der Waals surface area contributed by atoms with Crippen molar-refractivity contribution in [2.75, 3.05) is 7.11 Å². The van der Waals surface area contributed by atoms with E-state index in [2.05, 4.69) is 15.8 Å². The predicted molar refractivity (Wildman–Crippen MR) is 131 cm³/mol. The molecular weight excluding hydrogens is 465 g/mol. The maximum absolute atomic E-state index is 12.7. The number of ether oxygens (including phenoxy) is 2. The Kier molecular flexibility index (Phi) is 10.0. The zero-order valence-electron chi connectivity index (χ0n) is 19.3. The lowest BCUT2D eigenvalue weighted by atomic mass is 10.0. The number of nitrogens with one attached hydrogen (secondary N) is 2. The zero-order chi connectivity index (χ0) is 24.5. The smallest absolute Gasteiger partial charge is 0.262 e. The molecule has 2 amide bonds. The van der Waals surface area contributed by atoms with Gasteiger partial charge in [0.15, 0.2) is 6.10 Å². The van der Waals surface area contributed by atoms with Gasteiger partial charge in [-0.25, -0.2) is 5.43 Å². The van der Waals surface area contributed by atoms with Crippen molar-refractivity contribution >= 4 is 41.2 Å². The topological polar surface area (TPSA) is 89.0 Å². The number of amides is 2. The van der Waals surface area contributed by atoms with Gasteiger partial charge in [-0.15, -0.1) is 0 Å². The Bertz CT molecular complexity index is 1010. The monoisotopic (exact) mass is 493 g/mol. The summed E-state index contributed by atoms with van der Waals surface area (Å²) in [5.41, 5.74) is 4.26. The molecule has 7 nitrogen and oxygen atoms in total. The maximum atomic E-state index is 12.7. The molecule has 0 aliphatic heterocycles. The van der Waals surface area contributed by atoms with E-state index in [1.165, 1.54) is 12.3 Å². The quantitative estimate of drug-likeness (QED) is 0.368. The van der Waals surface area contributed by atoms with E-state index in [0.29, 0.717) is 22.2 Å². The van der Waals surface area contributed by atoms with Crippen molar-refractivity contribution < 1.29 is 19.1 Å². The van der Waals surface area contributed by atoms with Gasteiger partial charge in [0.05, 0.1) is 18.3 Å². The van der Waals surface area contributed by atoms with Gasteiger partial charge in [-0.3, -0.25) is 9.59 Å². The summed E-state index contributed by atoms with van der Waals surface area (Å²) in [5, 5.41) is 7.51. The fourth-order valence-corrected chi connectivity index (χ4v) is 3.43. The van der Waals surface area contributed by atoms with Crippen molar-refractivity contribution in [3.8, 4) is 11.5 Å². The van der Waals surface area contributed by atoms with Crippen LogP contribution in [0.3, 0.4) is 0 Å². The van der Waals surface area contributed by atoms with E-state index < -0.39 is 24.0 Å². The van der Waals surface area contributed by atoms with Crippen molar-refractivity contribution in [3.63, 3.8) is 0 Å². The highest BCUT2D eigenvalue weighted by atomic mass is 35.5. The summed E-state index contributed by atoms with van der Waals surface area (Å²) >= 11 is 12.0. The Morgan fingerprint density at radius 1 is 1.06 bits per heavy atom. The van der Waals surface area contributed by atoms with Crippen molar-refractivity contribution in [3.05, 3.63) is 57.6 Å². The molecule has 2 rings (SSSR count). The first kappa shape index (κ1) is 26.5. The molecule has 2 aromatic rings. The normalized spacial score (nSPS) is 13.0. The SMILES string of the molecule is COc1cc(/C=N\NC(=O)[C@H](CC(C)C)NC(=O)[C@H](C)Oc2ccc(Cl)cc2Cl)ccc1C. The minimum absolute atomic E-state index is 0.160. The summed E-state index contributed by atoms with van der Waals surface area (Å²) < 4.78 is 10.9. The summed E-state index contributed by atoms with van der Waals surface area (Å²) in [4.78, 5) is 25.4. The Morgan fingerprint density at radius 2 is 1.79 bits per heavy atom. The summed E-state index contributed by atoms with van der Waals surface area (Å²) in [6.07, 6.45) is 1.07. The first-order valence-corrected chi connectivity index (χ1v) is 11.3. The fraction of sp³-hybridized carbons (Fsp3) is 0.375. The lowest BCUT2D eigenvalue weighted by Gasteiger charge is -2.22. The number of carbonyl (C=O) groups excluding carboxylic acids is 2. The number of carbonyl (C=O) groups is 2. The molecule has 0 saturated heterocycles. The molecule has 0 aromatic heterocycles. The van der Waals surface area contributed by atoms with Gasteiger partial charge in [0.1, 0.15) is 17.5 Å².